The average molecular weight is 277 g/mol. The number of rotatable bonds is 5. The monoisotopic (exact) mass is 277 g/mol. The first-order chi connectivity index (χ1) is 9.11. The molecule has 1 atom stereocenters. The van der Waals surface area contributed by atoms with E-state index in [1.165, 1.54) is 4.88 Å². The van der Waals surface area contributed by atoms with Crippen molar-refractivity contribution in [3.63, 3.8) is 0 Å². The van der Waals surface area contributed by atoms with Gasteiger partial charge in [-0.05, 0) is 25.3 Å². The van der Waals surface area contributed by atoms with Crippen LogP contribution in [0.2, 0.25) is 0 Å². The van der Waals surface area contributed by atoms with Crippen LogP contribution in [-0.4, -0.2) is 23.3 Å². The molecule has 2 heterocycles. The number of nitrogens with zero attached hydrogens (tertiary/aromatic N) is 1. The van der Waals surface area contributed by atoms with Crippen molar-refractivity contribution in [3.05, 3.63) is 45.4 Å². The molecule has 0 bridgehead atoms. The predicted molar refractivity (Wildman–Crippen MR) is 78.0 cm³/mol. The molecule has 0 aliphatic rings. The van der Waals surface area contributed by atoms with Crippen LogP contribution in [0.15, 0.2) is 23.7 Å². The molecule has 1 N–H and O–H groups in total. The molecular weight excluding hydrogens is 258 g/mol. The molecule has 4 heteroatoms. The Kier molecular flexibility index (Phi) is 4.56. The Morgan fingerprint density at radius 1 is 1.37 bits per heavy atom. The van der Waals surface area contributed by atoms with Gasteiger partial charge in [0.2, 0.25) is 0 Å². The molecule has 0 radical (unpaired) electrons. The Morgan fingerprint density at radius 2 is 2.16 bits per heavy atom. The van der Waals surface area contributed by atoms with Crippen molar-refractivity contribution in [2.75, 3.05) is 7.11 Å². The van der Waals surface area contributed by atoms with Crippen molar-refractivity contribution >= 4 is 11.3 Å². The molecule has 19 heavy (non-hydrogen) atoms. The van der Waals surface area contributed by atoms with Gasteiger partial charge in [-0.3, -0.25) is 4.98 Å². The van der Waals surface area contributed by atoms with E-state index < -0.39 is 6.10 Å². The van der Waals surface area contributed by atoms with E-state index in [2.05, 4.69) is 4.98 Å². The van der Waals surface area contributed by atoms with Crippen molar-refractivity contribution in [2.45, 2.75) is 32.8 Å². The van der Waals surface area contributed by atoms with Crippen molar-refractivity contribution in [1.29, 1.82) is 0 Å². The lowest BCUT2D eigenvalue weighted by atomic mass is 10.0. The van der Waals surface area contributed by atoms with Gasteiger partial charge in [0.1, 0.15) is 5.75 Å². The minimum atomic E-state index is -0.405. The van der Waals surface area contributed by atoms with E-state index in [4.69, 9.17) is 4.74 Å². The fraction of sp³-hybridized carbons (Fsp3) is 0.400. The zero-order valence-corrected chi connectivity index (χ0v) is 12.3. The van der Waals surface area contributed by atoms with Crippen LogP contribution in [0.25, 0.3) is 0 Å². The van der Waals surface area contributed by atoms with Gasteiger partial charge in [0.25, 0.3) is 0 Å². The van der Waals surface area contributed by atoms with E-state index in [1.54, 1.807) is 24.6 Å². The van der Waals surface area contributed by atoms with E-state index in [0.29, 0.717) is 12.8 Å². The summed E-state index contributed by atoms with van der Waals surface area (Å²) in [4.78, 5) is 5.62. The largest absolute Gasteiger partial charge is 0.496 e. The van der Waals surface area contributed by atoms with E-state index in [-0.39, 0.29) is 0 Å². The predicted octanol–water partition coefficient (Wildman–Crippen LogP) is 2.91. The number of methoxy groups -OCH3 is 1. The fourth-order valence-corrected chi connectivity index (χ4v) is 3.01. The van der Waals surface area contributed by atoms with E-state index in [0.717, 1.165) is 22.6 Å². The summed E-state index contributed by atoms with van der Waals surface area (Å²) in [6, 6.07) is 4.05. The number of aliphatic hydroxyl groups is 1. The minimum absolute atomic E-state index is 0.405. The minimum Gasteiger partial charge on any atom is -0.496 e. The van der Waals surface area contributed by atoms with Crippen molar-refractivity contribution in [1.82, 2.24) is 4.98 Å². The average Bonchev–Trinajstić information content (AvgIpc) is 2.86. The number of ether oxygens (including phenoxy) is 1. The third-order valence-corrected chi connectivity index (χ3v) is 4.09. The van der Waals surface area contributed by atoms with Gasteiger partial charge < -0.3 is 9.84 Å². The van der Waals surface area contributed by atoms with Gasteiger partial charge in [-0.15, -0.1) is 11.3 Å². The summed E-state index contributed by atoms with van der Waals surface area (Å²) in [5, 5.41) is 12.2. The second-order valence-electron chi connectivity index (χ2n) is 4.69. The first kappa shape index (κ1) is 14.0. The van der Waals surface area contributed by atoms with Crippen LogP contribution >= 0.6 is 11.3 Å². The van der Waals surface area contributed by atoms with Crippen LogP contribution in [0.4, 0.5) is 0 Å². The molecule has 1 unspecified atom stereocenters. The highest BCUT2D eigenvalue weighted by Gasteiger charge is 2.14. The Morgan fingerprint density at radius 3 is 2.79 bits per heavy atom. The summed E-state index contributed by atoms with van der Waals surface area (Å²) in [5.41, 5.74) is 2.95. The summed E-state index contributed by atoms with van der Waals surface area (Å²) in [7, 11) is 1.67. The SMILES string of the molecule is COc1c(C)cnc(CC(O)Cc2cccs2)c1C. The Bertz CT molecular complexity index is 537. The molecule has 0 aliphatic carbocycles. The van der Waals surface area contributed by atoms with Gasteiger partial charge in [-0.25, -0.2) is 0 Å². The van der Waals surface area contributed by atoms with Crippen molar-refractivity contribution in [2.24, 2.45) is 0 Å². The lowest BCUT2D eigenvalue weighted by Crippen LogP contribution is -2.15. The number of hydrogen-bond donors (Lipinski definition) is 1. The molecular formula is C15H19NO2S. The lowest BCUT2D eigenvalue weighted by molar-refractivity contribution is 0.175. The lowest BCUT2D eigenvalue weighted by Gasteiger charge is -2.14. The van der Waals surface area contributed by atoms with Crippen molar-refractivity contribution < 1.29 is 9.84 Å². The molecule has 3 nitrogen and oxygen atoms in total. The highest BCUT2D eigenvalue weighted by molar-refractivity contribution is 7.09. The maximum Gasteiger partial charge on any atom is 0.128 e. The van der Waals surface area contributed by atoms with Crippen LogP contribution in [-0.2, 0) is 12.8 Å². The first-order valence-electron chi connectivity index (χ1n) is 6.31. The normalized spacial score (nSPS) is 12.4. The standard InChI is InChI=1S/C15H19NO2S/c1-10-9-16-14(11(2)15(10)18-3)8-12(17)7-13-5-4-6-19-13/h4-6,9,12,17H,7-8H2,1-3H3. The van der Waals surface area contributed by atoms with Gasteiger partial charge in [0.15, 0.2) is 0 Å². The van der Waals surface area contributed by atoms with E-state index in [1.807, 2.05) is 31.4 Å². The molecule has 0 aliphatic heterocycles. The Balaban J connectivity index is 2.10. The molecule has 0 aromatic carbocycles. The van der Waals surface area contributed by atoms with Gasteiger partial charge in [-0.1, -0.05) is 6.07 Å². The van der Waals surface area contributed by atoms with Crippen molar-refractivity contribution in [3.8, 4) is 5.75 Å². The number of thiophene rings is 1. The smallest absolute Gasteiger partial charge is 0.128 e. The molecule has 0 saturated heterocycles. The van der Waals surface area contributed by atoms with Gasteiger partial charge >= 0.3 is 0 Å². The quantitative estimate of drug-likeness (QED) is 0.913. The highest BCUT2D eigenvalue weighted by atomic mass is 32.1. The maximum atomic E-state index is 10.2. The van der Waals surface area contributed by atoms with Gasteiger partial charge in [-0.2, -0.15) is 0 Å². The second kappa shape index (κ2) is 6.17. The van der Waals surface area contributed by atoms with Crippen LogP contribution in [0.3, 0.4) is 0 Å². The maximum absolute atomic E-state index is 10.2. The Hall–Kier alpha value is -1.39. The fourth-order valence-electron chi connectivity index (χ4n) is 2.23. The molecule has 2 rings (SSSR count). The number of hydrogen-bond acceptors (Lipinski definition) is 4. The zero-order valence-electron chi connectivity index (χ0n) is 11.5. The molecule has 0 amide bonds. The molecule has 0 saturated carbocycles. The summed E-state index contributed by atoms with van der Waals surface area (Å²) in [6.45, 7) is 3.97. The molecule has 2 aromatic heterocycles. The zero-order chi connectivity index (χ0) is 13.8. The molecule has 102 valence electrons. The van der Waals surface area contributed by atoms with E-state index in [9.17, 15) is 5.11 Å². The first-order valence-corrected chi connectivity index (χ1v) is 7.19. The van der Waals surface area contributed by atoms with Crippen LogP contribution in [0.1, 0.15) is 21.7 Å². The summed E-state index contributed by atoms with van der Waals surface area (Å²) in [5.74, 6) is 0.869. The van der Waals surface area contributed by atoms with E-state index >= 15 is 0 Å². The third kappa shape index (κ3) is 3.33. The van der Waals surface area contributed by atoms with Crippen LogP contribution in [0.5, 0.6) is 5.75 Å². The summed E-state index contributed by atoms with van der Waals surface area (Å²) >= 11 is 1.67. The Labute approximate surface area is 117 Å². The van der Waals surface area contributed by atoms with Crippen LogP contribution in [0, 0.1) is 13.8 Å². The summed E-state index contributed by atoms with van der Waals surface area (Å²) in [6.07, 6.45) is 2.63. The van der Waals surface area contributed by atoms with Crippen LogP contribution < -0.4 is 4.74 Å². The number of aliphatic hydroxyl groups excluding tert-OH is 1. The summed E-state index contributed by atoms with van der Waals surface area (Å²) < 4.78 is 5.38. The number of aromatic nitrogens is 1. The molecule has 0 fully saturated rings. The second-order valence-corrected chi connectivity index (χ2v) is 5.72. The topological polar surface area (TPSA) is 42.4 Å². The number of pyridine rings is 1. The highest BCUT2D eigenvalue weighted by Crippen LogP contribution is 2.25. The van der Waals surface area contributed by atoms with Gasteiger partial charge in [0.05, 0.1) is 13.2 Å². The third-order valence-electron chi connectivity index (χ3n) is 3.20. The number of aryl methyl sites for hydroxylation is 1. The molecule has 2 aromatic rings. The van der Waals surface area contributed by atoms with Gasteiger partial charge in [0, 0.05) is 40.7 Å². The molecule has 0 spiro atoms.